The van der Waals surface area contributed by atoms with Crippen molar-refractivity contribution in [3.05, 3.63) is 12.2 Å². The molecule has 0 aromatic carbocycles. The van der Waals surface area contributed by atoms with Crippen molar-refractivity contribution in [3.8, 4) is 0 Å². The van der Waals surface area contributed by atoms with E-state index >= 15 is 0 Å². The molecule has 2 saturated carbocycles. The van der Waals surface area contributed by atoms with Gasteiger partial charge in [0.2, 0.25) is 21.8 Å². The van der Waals surface area contributed by atoms with E-state index < -0.39 is 79.9 Å². The Morgan fingerprint density at radius 3 is 2.40 bits per heavy atom. The quantitative estimate of drug-likeness (QED) is 0.368. The van der Waals surface area contributed by atoms with Crippen LogP contribution in [0.5, 0.6) is 0 Å². The highest BCUT2D eigenvalue weighted by molar-refractivity contribution is 7.91. The lowest BCUT2D eigenvalue weighted by Crippen LogP contribution is -2.58. The molecule has 2 aliphatic carbocycles. The minimum atomic E-state index is -3.97. The Balaban J connectivity index is 1.41. The van der Waals surface area contributed by atoms with E-state index in [9.17, 15) is 32.4 Å². The van der Waals surface area contributed by atoms with E-state index in [1.807, 2.05) is 12.2 Å². The van der Waals surface area contributed by atoms with Gasteiger partial charge in [-0.3, -0.25) is 19.1 Å². The number of ether oxygens (including phenoxy) is 2. The first-order chi connectivity index (χ1) is 22.0. The van der Waals surface area contributed by atoms with Crippen LogP contribution < -0.4 is 15.4 Å². The highest BCUT2D eigenvalue weighted by atomic mass is 32.2. The van der Waals surface area contributed by atoms with Gasteiger partial charge in [-0.25, -0.2) is 18.0 Å². The monoisotopic (exact) mass is 679 g/mol. The smallest absolute Gasteiger partial charge is 0.410 e. The number of alkyl carbamates (subject to hydrolysis) is 1. The highest BCUT2D eigenvalue weighted by Gasteiger charge is 2.63. The van der Waals surface area contributed by atoms with Crippen molar-refractivity contribution in [1.82, 2.24) is 25.2 Å². The van der Waals surface area contributed by atoms with E-state index in [0.29, 0.717) is 45.2 Å². The Bertz CT molecular complexity index is 1400. The lowest BCUT2D eigenvalue weighted by molar-refractivity contribution is -0.141. The number of nitrogens with zero attached hydrogens (tertiary/aromatic N) is 2. The minimum absolute atomic E-state index is 0.0229. The predicted octanol–water partition coefficient (Wildman–Crippen LogP) is 2.48. The zero-order valence-electron chi connectivity index (χ0n) is 27.8. The number of hydrogen-bond acceptors (Lipinski definition) is 9. The third-order valence-corrected chi connectivity index (χ3v) is 12.0. The van der Waals surface area contributed by atoms with Crippen LogP contribution in [0.25, 0.3) is 0 Å². The Morgan fingerprint density at radius 1 is 1.04 bits per heavy atom. The number of hydrogen-bond donors (Lipinski definition) is 3. The van der Waals surface area contributed by atoms with Crippen LogP contribution in [0.3, 0.4) is 0 Å². The summed E-state index contributed by atoms with van der Waals surface area (Å²) in [6.45, 7) is 7.76. The molecule has 4 fully saturated rings. The van der Waals surface area contributed by atoms with Crippen LogP contribution in [0.15, 0.2) is 12.2 Å². The molecular formula is C32H49N5O9S. The maximum Gasteiger partial charge on any atom is 0.410 e. The molecule has 5 aliphatic rings. The number of fused-ring (bicyclic) bond motifs is 2. The van der Waals surface area contributed by atoms with Gasteiger partial charge in [-0.1, -0.05) is 25.0 Å². The summed E-state index contributed by atoms with van der Waals surface area (Å²) in [5.74, 6) is -2.44. The Hall–Kier alpha value is -3.36. The summed E-state index contributed by atoms with van der Waals surface area (Å²) in [5.41, 5.74) is -2.32. The molecule has 2 saturated heterocycles. The summed E-state index contributed by atoms with van der Waals surface area (Å²) >= 11 is 0. The lowest BCUT2D eigenvalue weighted by Gasteiger charge is -2.30. The van der Waals surface area contributed by atoms with Crippen LogP contribution in [0.1, 0.15) is 98.3 Å². The summed E-state index contributed by atoms with van der Waals surface area (Å²) in [4.78, 5) is 70.5. The zero-order valence-corrected chi connectivity index (χ0v) is 28.7. The maximum atomic E-state index is 14.2. The second kappa shape index (κ2) is 13.3. The standard InChI is InChI=1S/C32H49N5O9S/c1-30(2,3)46-28(41)33-23-13-9-7-5-6-8-12-21-19-32(21,27(40)35-47(43,44)31(4)14-15-31)34-25(38)24-18-22(20-37(24)26(23)39)45-29(42)36-16-10-11-17-36/h8,12,21-24H,5-7,9-11,13-20H2,1-4H3,(H,33,41)(H,34,38)(H,35,40)/b12-8-/t21-,22+,23-,24-,32+/m0/s1. The second-order valence-corrected chi connectivity index (χ2v) is 17.1. The molecule has 0 aromatic heterocycles. The summed E-state index contributed by atoms with van der Waals surface area (Å²) < 4.78 is 38.4. The molecule has 5 rings (SSSR count). The third-order valence-electron chi connectivity index (χ3n) is 9.80. The number of carbonyl (C=O) groups excluding carboxylic acids is 5. The molecule has 0 unspecified atom stereocenters. The number of nitrogens with one attached hydrogen (secondary N) is 3. The van der Waals surface area contributed by atoms with Crippen LogP contribution in [-0.2, 0) is 33.9 Å². The van der Waals surface area contributed by atoms with E-state index in [0.717, 1.165) is 25.7 Å². The van der Waals surface area contributed by atoms with Gasteiger partial charge in [0.15, 0.2) is 0 Å². The fraction of sp³-hybridized carbons (Fsp3) is 0.781. The molecule has 262 valence electrons. The van der Waals surface area contributed by atoms with E-state index in [4.69, 9.17) is 9.47 Å². The first-order valence-corrected chi connectivity index (χ1v) is 18.3. The number of sulfonamides is 1. The highest BCUT2D eigenvalue weighted by Crippen LogP contribution is 2.47. The first-order valence-electron chi connectivity index (χ1n) is 16.8. The van der Waals surface area contributed by atoms with Crippen LogP contribution in [-0.4, -0.2) is 102 Å². The summed E-state index contributed by atoms with van der Waals surface area (Å²) in [7, 11) is -3.97. The Kier molecular flexibility index (Phi) is 9.87. The Labute approximate surface area is 276 Å². The second-order valence-electron chi connectivity index (χ2n) is 14.9. The average Bonchev–Trinajstić information content (AvgIpc) is 3.72. The van der Waals surface area contributed by atoms with Crippen LogP contribution >= 0.6 is 0 Å². The van der Waals surface area contributed by atoms with Gasteiger partial charge in [-0.05, 0) is 79.1 Å². The van der Waals surface area contributed by atoms with Gasteiger partial charge in [-0.2, -0.15) is 0 Å². The molecule has 5 amide bonds. The van der Waals surface area contributed by atoms with Crippen molar-refractivity contribution in [2.45, 2.75) is 132 Å². The Morgan fingerprint density at radius 2 is 1.74 bits per heavy atom. The zero-order chi connectivity index (χ0) is 34.2. The average molecular weight is 680 g/mol. The van der Waals surface area contributed by atoms with Crippen molar-refractivity contribution in [2.24, 2.45) is 5.92 Å². The van der Waals surface area contributed by atoms with Crippen molar-refractivity contribution in [2.75, 3.05) is 19.6 Å². The topological polar surface area (TPSA) is 181 Å². The van der Waals surface area contributed by atoms with Gasteiger partial charge in [-0.15, -0.1) is 0 Å². The van der Waals surface area contributed by atoms with Crippen molar-refractivity contribution in [1.29, 1.82) is 0 Å². The van der Waals surface area contributed by atoms with Crippen LogP contribution in [0.4, 0.5) is 9.59 Å². The molecule has 15 heteroatoms. The molecule has 3 heterocycles. The number of rotatable bonds is 5. The molecule has 0 bridgehead atoms. The van der Waals surface area contributed by atoms with E-state index in [2.05, 4.69) is 15.4 Å². The molecule has 0 spiro atoms. The van der Waals surface area contributed by atoms with Gasteiger partial charge in [0.1, 0.15) is 29.3 Å². The molecule has 3 aliphatic heterocycles. The maximum absolute atomic E-state index is 14.2. The predicted molar refractivity (Wildman–Crippen MR) is 170 cm³/mol. The van der Waals surface area contributed by atoms with E-state index in [-0.39, 0.29) is 19.4 Å². The molecule has 0 aromatic rings. The van der Waals surface area contributed by atoms with Crippen LogP contribution in [0, 0.1) is 5.92 Å². The normalized spacial score (nSPS) is 31.7. The molecule has 47 heavy (non-hydrogen) atoms. The van der Waals surface area contributed by atoms with Crippen molar-refractivity contribution >= 4 is 39.9 Å². The van der Waals surface area contributed by atoms with Crippen LogP contribution in [0.2, 0.25) is 0 Å². The first kappa shape index (κ1) is 35.0. The lowest BCUT2D eigenvalue weighted by atomic mass is 10.0. The number of likely N-dealkylation sites (tertiary alicyclic amines) is 1. The van der Waals surface area contributed by atoms with Gasteiger partial charge < -0.3 is 29.9 Å². The van der Waals surface area contributed by atoms with Crippen molar-refractivity contribution < 1.29 is 41.9 Å². The van der Waals surface area contributed by atoms with Gasteiger partial charge in [0.05, 0.1) is 11.3 Å². The largest absolute Gasteiger partial charge is 0.444 e. The summed E-state index contributed by atoms with van der Waals surface area (Å²) in [6.07, 6.45) is 7.61. The summed E-state index contributed by atoms with van der Waals surface area (Å²) in [6, 6.07) is -2.15. The third kappa shape index (κ3) is 8.03. The SMILES string of the molecule is CC(C)(C)OC(=O)N[C@H]1CCCCC/C=C\[C@H]2C[C@@]2(C(=O)NS(=O)(=O)C2(C)CC2)NC(=O)[C@@H]2C[C@@H](OC(=O)N3CCCC3)CN2C1=O. The summed E-state index contributed by atoms with van der Waals surface area (Å²) in [5, 5.41) is 5.50. The fourth-order valence-electron chi connectivity index (χ4n) is 6.51. The minimum Gasteiger partial charge on any atom is -0.444 e. The van der Waals surface area contributed by atoms with Gasteiger partial charge in [0.25, 0.3) is 5.91 Å². The molecule has 5 atom stereocenters. The van der Waals surface area contributed by atoms with Gasteiger partial charge >= 0.3 is 12.2 Å². The molecular weight excluding hydrogens is 630 g/mol. The molecule has 0 radical (unpaired) electrons. The molecule has 14 nitrogen and oxygen atoms in total. The van der Waals surface area contributed by atoms with E-state index in [1.165, 1.54) is 4.90 Å². The number of allylic oxidation sites excluding steroid dienone is 1. The van der Waals surface area contributed by atoms with Crippen molar-refractivity contribution in [3.63, 3.8) is 0 Å². The molecule has 3 N–H and O–H groups in total. The number of amides is 5. The van der Waals surface area contributed by atoms with E-state index in [1.54, 1.807) is 32.6 Å². The fourth-order valence-corrected chi connectivity index (χ4v) is 7.83. The van der Waals surface area contributed by atoms with Gasteiger partial charge in [0, 0.05) is 25.4 Å². The number of carbonyl (C=O) groups is 5.